The van der Waals surface area contributed by atoms with Gasteiger partial charge >= 0.3 is 12.4 Å². The number of aromatic nitrogens is 2. The van der Waals surface area contributed by atoms with Crippen LogP contribution >= 0.6 is 0 Å². The number of anilines is 1. The highest BCUT2D eigenvalue weighted by molar-refractivity contribution is 5.95. The zero-order chi connectivity index (χ0) is 33.1. The first-order valence-corrected chi connectivity index (χ1v) is 14.3. The molecule has 1 aliphatic heterocycles. The number of nitrogens with one attached hydrogen (secondary N) is 1. The molecule has 0 radical (unpaired) electrons. The summed E-state index contributed by atoms with van der Waals surface area (Å²) in [4.78, 5) is 28.8. The van der Waals surface area contributed by atoms with Crippen molar-refractivity contribution in [2.24, 2.45) is 0 Å². The Morgan fingerprint density at radius 2 is 1.57 bits per heavy atom. The van der Waals surface area contributed by atoms with Crippen LogP contribution in [-0.2, 0) is 6.18 Å². The van der Waals surface area contributed by atoms with Crippen LogP contribution in [0.1, 0.15) is 33.2 Å². The Morgan fingerprint density at radius 1 is 0.848 bits per heavy atom. The zero-order valence-electron chi connectivity index (χ0n) is 24.5. The van der Waals surface area contributed by atoms with Crippen LogP contribution in [0.5, 0.6) is 5.75 Å². The van der Waals surface area contributed by atoms with Crippen LogP contribution in [0.3, 0.4) is 0 Å². The van der Waals surface area contributed by atoms with Gasteiger partial charge < -0.3 is 19.9 Å². The molecular weight excluding hydrogens is 616 g/mol. The van der Waals surface area contributed by atoms with Crippen LogP contribution in [0, 0.1) is 0 Å². The standard InChI is InChI=1S/C32H29F6N5O3/c1-2-46-28-5-3-4-22(16-28)24-18-40-43(19-24)27-15-23(14-25(17-27)32(36,37)38)30(45)42-12-10-41(11-13-42)26-8-6-21(7-9-26)29(44)39-20-31(33,34)35/h3-9,14-19H,2,10-13,20H2,1H3,(H,39,44). The molecule has 0 aliphatic carbocycles. The van der Waals surface area contributed by atoms with Gasteiger partial charge in [0, 0.05) is 54.8 Å². The van der Waals surface area contributed by atoms with Crippen molar-refractivity contribution >= 4 is 17.5 Å². The molecule has 8 nitrogen and oxygen atoms in total. The lowest BCUT2D eigenvalue weighted by molar-refractivity contribution is -0.137. The Balaban J connectivity index is 1.29. The second-order valence-electron chi connectivity index (χ2n) is 10.5. The lowest BCUT2D eigenvalue weighted by Gasteiger charge is -2.36. The number of halogens is 6. The van der Waals surface area contributed by atoms with Crippen LogP contribution in [0.25, 0.3) is 16.8 Å². The first-order chi connectivity index (χ1) is 21.8. The number of alkyl halides is 6. The van der Waals surface area contributed by atoms with Gasteiger partial charge in [0.25, 0.3) is 11.8 Å². The quantitative estimate of drug-likeness (QED) is 0.231. The van der Waals surface area contributed by atoms with Crippen LogP contribution in [-0.4, -0.2) is 72.0 Å². The van der Waals surface area contributed by atoms with Crippen molar-refractivity contribution in [1.82, 2.24) is 20.0 Å². The summed E-state index contributed by atoms with van der Waals surface area (Å²) in [6, 6.07) is 16.3. The molecule has 3 aromatic carbocycles. The molecule has 0 spiro atoms. The molecule has 1 aliphatic rings. The number of carbonyl (C=O) groups is 2. The molecule has 2 heterocycles. The zero-order valence-corrected chi connectivity index (χ0v) is 24.5. The number of amides is 2. The number of ether oxygens (including phenoxy) is 1. The largest absolute Gasteiger partial charge is 0.494 e. The molecule has 5 rings (SSSR count). The predicted molar refractivity (Wildman–Crippen MR) is 158 cm³/mol. The van der Waals surface area contributed by atoms with E-state index in [1.807, 2.05) is 23.2 Å². The fourth-order valence-corrected chi connectivity index (χ4v) is 5.03. The Labute approximate surface area is 260 Å². The summed E-state index contributed by atoms with van der Waals surface area (Å²) in [6.07, 6.45) is -6.13. The SMILES string of the molecule is CCOc1cccc(-c2cnn(-c3cc(C(=O)N4CCN(c5ccc(C(=O)NCC(F)(F)F)cc5)CC4)cc(C(F)(F)F)c3)c2)c1. The molecular formula is C32H29F6N5O3. The lowest BCUT2D eigenvalue weighted by atomic mass is 10.1. The van der Waals surface area contributed by atoms with Gasteiger partial charge in [0.2, 0.25) is 0 Å². The molecule has 242 valence electrons. The first-order valence-electron chi connectivity index (χ1n) is 14.3. The van der Waals surface area contributed by atoms with E-state index in [-0.39, 0.29) is 29.9 Å². The summed E-state index contributed by atoms with van der Waals surface area (Å²) < 4.78 is 85.7. The third-order valence-electron chi connectivity index (χ3n) is 7.33. The fourth-order valence-electron chi connectivity index (χ4n) is 5.03. The molecule has 14 heteroatoms. The van der Waals surface area contributed by atoms with Crippen molar-refractivity contribution in [2.45, 2.75) is 19.3 Å². The van der Waals surface area contributed by atoms with E-state index in [2.05, 4.69) is 5.10 Å². The highest BCUT2D eigenvalue weighted by atomic mass is 19.4. The second-order valence-corrected chi connectivity index (χ2v) is 10.5. The van der Waals surface area contributed by atoms with E-state index in [0.29, 0.717) is 36.7 Å². The summed E-state index contributed by atoms with van der Waals surface area (Å²) in [5, 5.41) is 6.07. The summed E-state index contributed by atoms with van der Waals surface area (Å²) >= 11 is 0. The lowest BCUT2D eigenvalue weighted by Crippen LogP contribution is -2.48. The molecule has 46 heavy (non-hydrogen) atoms. The predicted octanol–water partition coefficient (Wildman–Crippen LogP) is 6.21. The van der Waals surface area contributed by atoms with E-state index in [0.717, 1.165) is 17.7 Å². The molecule has 0 bridgehead atoms. The minimum absolute atomic E-state index is 0.0606. The van der Waals surface area contributed by atoms with Crippen LogP contribution < -0.4 is 15.0 Å². The molecule has 2 amide bonds. The Morgan fingerprint density at radius 3 is 2.22 bits per heavy atom. The van der Waals surface area contributed by atoms with Gasteiger partial charge in [0.15, 0.2) is 0 Å². The van der Waals surface area contributed by atoms with Gasteiger partial charge in [-0.25, -0.2) is 4.68 Å². The molecule has 0 saturated carbocycles. The van der Waals surface area contributed by atoms with Crippen LogP contribution in [0.2, 0.25) is 0 Å². The minimum Gasteiger partial charge on any atom is -0.494 e. The van der Waals surface area contributed by atoms with E-state index in [1.165, 1.54) is 34.0 Å². The fraction of sp³-hybridized carbons (Fsp3) is 0.281. The molecule has 4 aromatic rings. The van der Waals surface area contributed by atoms with Crippen molar-refractivity contribution in [3.8, 4) is 22.6 Å². The van der Waals surface area contributed by atoms with Crippen molar-refractivity contribution in [1.29, 1.82) is 0 Å². The highest BCUT2D eigenvalue weighted by Crippen LogP contribution is 2.33. The van der Waals surface area contributed by atoms with Crippen molar-refractivity contribution in [3.05, 3.63) is 95.8 Å². The molecule has 1 aromatic heterocycles. The third kappa shape index (κ3) is 7.79. The van der Waals surface area contributed by atoms with E-state index >= 15 is 0 Å². The number of hydrogen-bond donors (Lipinski definition) is 1. The number of hydrogen-bond acceptors (Lipinski definition) is 5. The van der Waals surface area contributed by atoms with Gasteiger partial charge in [-0.15, -0.1) is 0 Å². The molecule has 1 saturated heterocycles. The smallest absolute Gasteiger partial charge is 0.416 e. The summed E-state index contributed by atoms with van der Waals surface area (Å²) in [5.74, 6) is -0.786. The normalized spacial score (nSPS) is 13.9. The highest BCUT2D eigenvalue weighted by Gasteiger charge is 2.33. The minimum atomic E-state index is -4.71. The van der Waals surface area contributed by atoms with Gasteiger partial charge in [-0.2, -0.15) is 31.4 Å². The monoisotopic (exact) mass is 645 g/mol. The Hall–Kier alpha value is -5.01. The average molecular weight is 646 g/mol. The Kier molecular flexibility index (Phi) is 9.26. The van der Waals surface area contributed by atoms with Gasteiger partial charge in [-0.1, -0.05) is 12.1 Å². The molecule has 0 atom stereocenters. The molecule has 1 fully saturated rings. The van der Waals surface area contributed by atoms with Gasteiger partial charge in [-0.3, -0.25) is 9.59 Å². The second kappa shape index (κ2) is 13.2. The van der Waals surface area contributed by atoms with Crippen molar-refractivity contribution in [3.63, 3.8) is 0 Å². The van der Waals surface area contributed by atoms with E-state index < -0.39 is 36.3 Å². The number of benzene rings is 3. The molecule has 0 unspecified atom stereocenters. The van der Waals surface area contributed by atoms with Gasteiger partial charge in [0.05, 0.1) is 24.1 Å². The maximum absolute atomic E-state index is 13.9. The maximum atomic E-state index is 13.9. The van der Waals surface area contributed by atoms with Crippen molar-refractivity contribution < 1.29 is 40.7 Å². The maximum Gasteiger partial charge on any atom is 0.416 e. The Bertz CT molecular complexity index is 1690. The van der Waals surface area contributed by atoms with Crippen LogP contribution in [0.4, 0.5) is 32.0 Å². The van der Waals surface area contributed by atoms with E-state index in [4.69, 9.17) is 4.74 Å². The first kappa shape index (κ1) is 32.4. The number of piperazine rings is 1. The van der Waals surface area contributed by atoms with Crippen molar-refractivity contribution in [2.75, 3.05) is 44.2 Å². The average Bonchev–Trinajstić information content (AvgIpc) is 3.54. The number of nitrogens with zero attached hydrogens (tertiary/aromatic N) is 4. The van der Waals surface area contributed by atoms with Gasteiger partial charge in [-0.05, 0) is 67.1 Å². The topological polar surface area (TPSA) is 79.7 Å². The number of rotatable bonds is 8. The summed E-state index contributed by atoms with van der Waals surface area (Å²) in [6.45, 7) is 2.00. The van der Waals surface area contributed by atoms with Crippen LogP contribution in [0.15, 0.2) is 79.1 Å². The van der Waals surface area contributed by atoms with E-state index in [9.17, 15) is 35.9 Å². The number of carbonyl (C=O) groups excluding carboxylic acids is 2. The van der Waals surface area contributed by atoms with E-state index in [1.54, 1.807) is 36.5 Å². The molecule has 1 N–H and O–H groups in total. The van der Waals surface area contributed by atoms with Gasteiger partial charge in [0.1, 0.15) is 12.3 Å². The summed E-state index contributed by atoms with van der Waals surface area (Å²) in [5.41, 5.74) is 1.11. The third-order valence-corrected chi connectivity index (χ3v) is 7.33. The summed E-state index contributed by atoms with van der Waals surface area (Å²) in [7, 11) is 0.